The number of carbonyl (C=O) groups is 2. The van der Waals surface area contributed by atoms with E-state index < -0.39 is 0 Å². The zero-order valence-electron chi connectivity index (χ0n) is 12.4. The normalized spacial score (nSPS) is 27.8. The molecule has 0 bridgehead atoms. The van der Waals surface area contributed by atoms with Crippen LogP contribution in [-0.4, -0.2) is 58.8 Å². The molecule has 0 radical (unpaired) electrons. The molecular weight excluding hydrogens is 284 g/mol. The fourth-order valence-corrected chi connectivity index (χ4v) is 3.69. The van der Waals surface area contributed by atoms with Crippen LogP contribution in [0.5, 0.6) is 0 Å². The van der Waals surface area contributed by atoms with Crippen molar-refractivity contribution in [3.05, 3.63) is 17.0 Å². The smallest absolute Gasteiger partial charge is 0.274 e. The van der Waals surface area contributed by atoms with Crippen molar-refractivity contribution >= 4 is 11.8 Å². The highest BCUT2D eigenvalue weighted by atomic mass is 16.5. The molecule has 118 valence electrons. The minimum atomic E-state index is -0.104. The van der Waals surface area contributed by atoms with E-state index in [1.807, 2.05) is 0 Å². The Balaban J connectivity index is 1.51. The number of morpholine rings is 1. The van der Waals surface area contributed by atoms with E-state index in [1.165, 1.54) is 0 Å². The van der Waals surface area contributed by atoms with E-state index in [0.29, 0.717) is 18.8 Å². The molecule has 1 aliphatic carbocycles. The van der Waals surface area contributed by atoms with Crippen LogP contribution in [0.1, 0.15) is 41.0 Å². The van der Waals surface area contributed by atoms with E-state index in [2.05, 4.69) is 15.5 Å². The fraction of sp³-hybridized carbons (Fsp3) is 0.667. The molecule has 2 fully saturated rings. The van der Waals surface area contributed by atoms with Crippen LogP contribution in [0.3, 0.4) is 0 Å². The lowest BCUT2D eigenvalue weighted by Crippen LogP contribution is -2.61. The number of fused-ring (bicyclic) bond motifs is 2. The number of rotatable bonds is 1. The molecule has 0 saturated carbocycles. The molecule has 2 atom stereocenters. The van der Waals surface area contributed by atoms with Crippen LogP contribution < -0.4 is 5.32 Å². The number of carbonyl (C=O) groups excluding carboxylic acids is 2. The van der Waals surface area contributed by atoms with Gasteiger partial charge in [0.1, 0.15) is 6.61 Å². The lowest BCUT2D eigenvalue weighted by atomic mass is 9.95. The first-order valence-electron chi connectivity index (χ1n) is 7.99. The third-order valence-electron chi connectivity index (χ3n) is 4.87. The average Bonchev–Trinajstić information content (AvgIpc) is 2.97. The second-order valence-corrected chi connectivity index (χ2v) is 6.30. The van der Waals surface area contributed by atoms with Crippen LogP contribution in [0.15, 0.2) is 0 Å². The molecule has 0 unspecified atom stereocenters. The highest BCUT2D eigenvalue weighted by molar-refractivity contribution is 5.94. The summed E-state index contributed by atoms with van der Waals surface area (Å²) in [6, 6.07) is -0.103. The van der Waals surface area contributed by atoms with Crippen molar-refractivity contribution in [1.29, 1.82) is 0 Å². The van der Waals surface area contributed by atoms with Crippen molar-refractivity contribution < 1.29 is 14.3 Å². The van der Waals surface area contributed by atoms with E-state index in [1.54, 1.807) is 4.90 Å². The Morgan fingerprint density at radius 1 is 1.32 bits per heavy atom. The maximum atomic E-state index is 12.8. The Hall–Kier alpha value is -1.89. The van der Waals surface area contributed by atoms with Gasteiger partial charge in [0.25, 0.3) is 5.91 Å². The maximum absolute atomic E-state index is 12.8. The predicted molar refractivity (Wildman–Crippen MR) is 77.4 cm³/mol. The summed E-state index contributed by atoms with van der Waals surface area (Å²) in [4.78, 5) is 26.0. The number of aryl methyl sites for hydroxylation is 1. The number of aromatic nitrogens is 2. The number of amides is 2. The number of likely N-dealkylation sites (tertiary alicyclic amines) is 1. The predicted octanol–water partition coefficient (Wildman–Crippen LogP) is 0.0180. The first kappa shape index (κ1) is 13.8. The standard InChI is InChI=1S/C15H20N4O3/c20-13-8-22-12-5-6-19(7-11(12)16-13)15(21)14-9-3-1-2-4-10(9)17-18-14/h11-12H,1-8H2,(H,16,20)(H,17,18)/t11-,12+/m0/s1. The first-order chi connectivity index (χ1) is 10.7. The topological polar surface area (TPSA) is 87.3 Å². The highest BCUT2D eigenvalue weighted by Gasteiger charge is 2.37. The number of aromatic amines is 1. The number of hydrogen-bond acceptors (Lipinski definition) is 4. The van der Waals surface area contributed by atoms with Gasteiger partial charge in [0, 0.05) is 24.3 Å². The van der Waals surface area contributed by atoms with Crippen LogP contribution in [-0.2, 0) is 22.4 Å². The van der Waals surface area contributed by atoms with Gasteiger partial charge in [-0.2, -0.15) is 5.10 Å². The largest absolute Gasteiger partial charge is 0.366 e. The highest BCUT2D eigenvalue weighted by Crippen LogP contribution is 2.25. The summed E-state index contributed by atoms with van der Waals surface area (Å²) >= 11 is 0. The molecule has 2 aliphatic heterocycles. The second kappa shape index (κ2) is 5.39. The van der Waals surface area contributed by atoms with E-state index in [-0.39, 0.29) is 30.6 Å². The first-order valence-corrected chi connectivity index (χ1v) is 7.99. The lowest BCUT2D eigenvalue weighted by Gasteiger charge is -2.40. The van der Waals surface area contributed by atoms with Crippen LogP contribution in [0.2, 0.25) is 0 Å². The van der Waals surface area contributed by atoms with Crippen molar-refractivity contribution in [2.45, 2.75) is 44.2 Å². The second-order valence-electron chi connectivity index (χ2n) is 6.30. The number of nitrogens with one attached hydrogen (secondary N) is 2. The summed E-state index contributed by atoms with van der Waals surface area (Å²) in [5.74, 6) is -0.134. The Labute approximate surface area is 128 Å². The summed E-state index contributed by atoms with van der Waals surface area (Å²) in [5.41, 5.74) is 2.76. The van der Waals surface area contributed by atoms with Crippen molar-refractivity contribution in [3.63, 3.8) is 0 Å². The van der Waals surface area contributed by atoms with Gasteiger partial charge >= 0.3 is 0 Å². The van der Waals surface area contributed by atoms with Crippen LogP contribution in [0.4, 0.5) is 0 Å². The maximum Gasteiger partial charge on any atom is 0.274 e. The van der Waals surface area contributed by atoms with Gasteiger partial charge in [-0.3, -0.25) is 14.7 Å². The van der Waals surface area contributed by atoms with E-state index in [9.17, 15) is 9.59 Å². The number of nitrogens with zero attached hydrogens (tertiary/aromatic N) is 2. The molecule has 7 nitrogen and oxygen atoms in total. The van der Waals surface area contributed by atoms with Crippen molar-refractivity contribution in [3.8, 4) is 0 Å². The van der Waals surface area contributed by atoms with E-state index in [0.717, 1.165) is 43.4 Å². The van der Waals surface area contributed by atoms with Crippen molar-refractivity contribution in [1.82, 2.24) is 20.4 Å². The van der Waals surface area contributed by atoms with E-state index in [4.69, 9.17) is 4.74 Å². The average molecular weight is 304 g/mol. The van der Waals surface area contributed by atoms with Gasteiger partial charge in [-0.15, -0.1) is 0 Å². The summed E-state index contributed by atoms with van der Waals surface area (Å²) in [6.45, 7) is 1.27. The van der Waals surface area contributed by atoms with Gasteiger partial charge in [0.15, 0.2) is 5.69 Å². The molecule has 2 amide bonds. The van der Waals surface area contributed by atoms with Crippen LogP contribution in [0.25, 0.3) is 0 Å². The van der Waals surface area contributed by atoms with Gasteiger partial charge in [0.2, 0.25) is 5.91 Å². The summed E-state index contributed by atoms with van der Waals surface area (Å²) in [7, 11) is 0. The quantitative estimate of drug-likeness (QED) is 0.765. The fourth-order valence-electron chi connectivity index (χ4n) is 3.69. The van der Waals surface area contributed by atoms with Gasteiger partial charge in [-0.1, -0.05) is 0 Å². The van der Waals surface area contributed by atoms with Gasteiger partial charge in [-0.05, 0) is 32.1 Å². The van der Waals surface area contributed by atoms with Gasteiger partial charge in [0.05, 0.1) is 12.1 Å². The summed E-state index contributed by atoms with van der Waals surface area (Å²) < 4.78 is 5.53. The molecule has 3 heterocycles. The molecule has 0 aromatic carbocycles. The summed E-state index contributed by atoms with van der Waals surface area (Å²) in [6.07, 6.45) is 4.94. The third-order valence-corrected chi connectivity index (χ3v) is 4.87. The number of H-pyrrole nitrogens is 1. The molecule has 1 aromatic heterocycles. The van der Waals surface area contributed by atoms with Crippen LogP contribution >= 0.6 is 0 Å². The Bertz CT molecular complexity index is 612. The zero-order valence-corrected chi connectivity index (χ0v) is 12.4. The molecular formula is C15H20N4O3. The monoisotopic (exact) mass is 304 g/mol. The molecule has 7 heteroatoms. The molecule has 3 aliphatic rings. The van der Waals surface area contributed by atoms with Gasteiger partial charge in [-0.25, -0.2) is 0 Å². The minimum Gasteiger partial charge on any atom is -0.366 e. The molecule has 4 rings (SSSR count). The summed E-state index contributed by atoms with van der Waals surface area (Å²) in [5, 5.41) is 10.2. The molecule has 2 N–H and O–H groups in total. The molecule has 2 saturated heterocycles. The Morgan fingerprint density at radius 3 is 3.09 bits per heavy atom. The molecule has 1 aromatic rings. The number of hydrogen-bond donors (Lipinski definition) is 2. The Morgan fingerprint density at radius 2 is 2.18 bits per heavy atom. The number of piperidine rings is 1. The van der Waals surface area contributed by atoms with Gasteiger partial charge < -0.3 is 15.0 Å². The third kappa shape index (κ3) is 2.29. The molecule has 0 spiro atoms. The van der Waals surface area contributed by atoms with Crippen molar-refractivity contribution in [2.24, 2.45) is 0 Å². The van der Waals surface area contributed by atoms with E-state index >= 15 is 0 Å². The molecule has 22 heavy (non-hydrogen) atoms. The number of ether oxygens (including phenoxy) is 1. The zero-order chi connectivity index (χ0) is 15.1. The lowest BCUT2D eigenvalue weighted by molar-refractivity contribution is -0.139. The Kier molecular flexibility index (Phi) is 3.37. The van der Waals surface area contributed by atoms with Crippen LogP contribution in [0, 0.1) is 0 Å². The van der Waals surface area contributed by atoms with Crippen molar-refractivity contribution in [2.75, 3.05) is 19.7 Å². The minimum absolute atomic E-state index is 0.0230. The SMILES string of the molecule is O=C1CO[C@@H]2CCN(C(=O)c3n[nH]c4c3CCCC4)C[C@@H]2N1.